The van der Waals surface area contributed by atoms with E-state index < -0.39 is 0 Å². The molecule has 1 nitrogen and oxygen atoms in total. The zero-order valence-electron chi connectivity index (χ0n) is 7.85. The maximum Gasteiger partial charge on any atom is 0.00638 e. The Balaban J connectivity index is 0.000000371. The SMILES string of the molecule is CC.C[C@@H]1CCCCN1C. The molecule has 0 unspecified atom stereocenters. The van der Waals surface area contributed by atoms with Gasteiger partial charge in [-0.2, -0.15) is 0 Å². The highest BCUT2D eigenvalue weighted by Gasteiger charge is 2.12. The number of nitrogens with zero attached hydrogens (tertiary/aromatic N) is 1. The first-order valence-corrected chi connectivity index (χ1v) is 4.51. The molecular formula is C9H21N. The first kappa shape index (κ1) is 9.96. The van der Waals surface area contributed by atoms with E-state index in [2.05, 4.69) is 18.9 Å². The van der Waals surface area contributed by atoms with E-state index in [-0.39, 0.29) is 0 Å². The van der Waals surface area contributed by atoms with E-state index in [9.17, 15) is 0 Å². The fraction of sp³-hybridized carbons (Fsp3) is 1.00. The maximum atomic E-state index is 2.43. The summed E-state index contributed by atoms with van der Waals surface area (Å²) >= 11 is 0. The van der Waals surface area contributed by atoms with Gasteiger partial charge < -0.3 is 4.90 Å². The lowest BCUT2D eigenvalue weighted by Gasteiger charge is -2.29. The van der Waals surface area contributed by atoms with Gasteiger partial charge in [0, 0.05) is 6.04 Å². The lowest BCUT2D eigenvalue weighted by atomic mass is 10.1. The van der Waals surface area contributed by atoms with E-state index >= 15 is 0 Å². The molecule has 0 amide bonds. The van der Waals surface area contributed by atoms with Crippen LogP contribution in [-0.2, 0) is 0 Å². The molecule has 0 bridgehead atoms. The zero-order chi connectivity index (χ0) is 7.98. The molecule has 1 rings (SSSR count). The first-order chi connectivity index (χ1) is 4.80. The molecule has 0 N–H and O–H groups in total. The molecule has 10 heavy (non-hydrogen) atoms. The topological polar surface area (TPSA) is 3.24 Å². The second-order valence-corrected chi connectivity index (χ2v) is 2.83. The van der Waals surface area contributed by atoms with Gasteiger partial charge in [0.1, 0.15) is 0 Å². The molecular weight excluding hydrogens is 122 g/mol. The van der Waals surface area contributed by atoms with Crippen LogP contribution in [0.4, 0.5) is 0 Å². The Hall–Kier alpha value is -0.0400. The normalized spacial score (nSPS) is 27.0. The van der Waals surface area contributed by atoms with Crippen molar-refractivity contribution in [1.82, 2.24) is 4.90 Å². The molecule has 1 aliphatic rings. The highest BCUT2D eigenvalue weighted by atomic mass is 15.1. The minimum absolute atomic E-state index is 0.837. The summed E-state index contributed by atoms with van der Waals surface area (Å²) < 4.78 is 0. The summed E-state index contributed by atoms with van der Waals surface area (Å²) in [6.07, 6.45) is 4.24. The van der Waals surface area contributed by atoms with Crippen LogP contribution in [-0.4, -0.2) is 24.5 Å². The van der Waals surface area contributed by atoms with Crippen LogP contribution in [0.3, 0.4) is 0 Å². The molecule has 0 aromatic heterocycles. The number of hydrogen-bond acceptors (Lipinski definition) is 1. The summed E-state index contributed by atoms with van der Waals surface area (Å²) in [5, 5.41) is 0. The van der Waals surface area contributed by atoms with Crippen LogP contribution >= 0.6 is 0 Å². The van der Waals surface area contributed by atoms with Gasteiger partial charge in [0.2, 0.25) is 0 Å². The average molecular weight is 143 g/mol. The lowest BCUT2D eigenvalue weighted by molar-refractivity contribution is 0.200. The number of likely N-dealkylation sites (tertiary alicyclic amines) is 1. The van der Waals surface area contributed by atoms with E-state index in [0.717, 1.165) is 6.04 Å². The molecule has 0 radical (unpaired) electrons. The van der Waals surface area contributed by atoms with Gasteiger partial charge in [0.05, 0.1) is 0 Å². The van der Waals surface area contributed by atoms with E-state index in [4.69, 9.17) is 0 Å². The predicted molar refractivity (Wildman–Crippen MR) is 47.3 cm³/mol. The molecule has 1 heteroatoms. The minimum atomic E-state index is 0.837. The van der Waals surface area contributed by atoms with Crippen molar-refractivity contribution in [2.75, 3.05) is 13.6 Å². The third kappa shape index (κ3) is 3.21. The number of rotatable bonds is 0. The van der Waals surface area contributed by atoms with Crippen LogP contribution in [0.1, 0.15) is 40.0 Å². The Morgan fingerprint density at radius 1 is 1.20 bits per heavy atom. The third-order valence-electron chi connectivity index (χ3n) is 2.14. The van der Waals surface area contributed by atoms with Gasteiger partial charge in [-0.3, -0.25) is 0 Å². The van der Waals surface area contributed by atoms with Crippen molar-refractivity contribution in [2.24, 2.45) is 0 Å². The largest absolute Gasteiger partial charge is 0.304 e. The van der Waals surface area contributed by atoms with Crippen molar-refractivity contribution < 1.29 is 0 Å². The number of piperidine rings is 1. The van der Waals surface area contributed by atoms with Gasteiger partial charge in [-0.1, -0.05) is 20.3 Å². The van der Waals surface area contributed by atoms with Crippen molar-refractivity contribution in [1.29, 1.82) is 0 Å². The molecule has 0 aliphatic carbocycles. The molecule has 1 saturated heterocycles. The van der Waals surface area contributed by atoms with Gasteiger partial charge in [0.25, 0.3) is 0 Å². The fourth-order valence-electron chi connectivity index (χ4n) is 1.24. The molecule has 0 spiro atoms. The van der Waals surface area contributed by atoms with Gasteiger partial charge >= 0.3 is 0 Å². The highest BCUT2D eigenvalue weighted by Crippen LogP contribution is 2.13. The van der Waals surface area contributed by atoms with Crippen LogP contribution in [0.5, 0.6) is 0 Å². The Morgan fingerprint density at radius 3 is 2.10 bits per heavy atom. The quantitative estimate of drug-likeness (QED) is 0.503. The van der Waals surface area contributed by atoms with Crippen LogP contribution in [0.15, 0.2) is 0 Å². The molecule has 62 valence electrons. The van der Waals surface area contributed by atoms with E-state index in [1.807, 2.05) is 13.8 Å². The Kier molecular flexibility index (Phi) is 5.70. The average Bonchev–Trinajstić information content (AvgIpc) is 2.00. The maximum absolute atomic E-state index is 2.43. The van der Waals surface area contributed by atoms with Crippen molar-refractivity contribution in [3.8, 4) is 0 Å². The Morgan fingerprint density at radius 2 is 1.80 bits per heavy atom. The molecule has 1 atom stereocenters. The summed E-state index contributed by atoms with van der Waals surface area (Å²) in [5.74, 6) is 0. The van der Waals surface area contributed by atoms with Gasteiger partial charge in [-0.05, 0) is 33.4 Å². The molecule has 0 aromatic carbocycles. The highest BCUT2D eigenvalue weighted by molar-refractivity contribution is 4.68. The summed E-state index contributed by atoms with van der Waals surface area (Å²) in [6, 6.07) is 0.837. The third-order valence-corrected chi connectivity index (χ3v) is 2.14. The van der Waals surface area contributed by atoms with E-state index in [0.29, 0.717) is 0 Å². The summed E-state index contributed by atoms with van der Waals surface area (Å²) in [7, 11) is 2.21. The second kappa shape index (κ2) is 5.72. The summed E-state index contributed by atoms with van der Waals surface area (Å²) in [6.45, 7) is 7.61. The molecule has 1 fully saturated rings. The van der Waals surface area contributed by atoms with Crippen molar-refractivity contribution in [2.45, 2.75) is 46.1 Å². The van der Waals surface area contributed by atoms with Crippen LogP contribution in [0.2, 0.25) is 0 Å². The minimum Gasteiger partial charge on any atom is -0.304 e. The van der Waals surface area contributed by atoms with Gasteiger partial charge in [0.15, 0.2) is 0 Å². The summed E-state index contributed by atoms with van der Waals surface area (Å²) in [4.78, 5) is 2.43. The first-order valence-electron chi connectivity index (χ1n) is 4.51. The molecule has 0 aromatic rings. The standard InChI is InChI=1S/C7H15N.C2H6/c1-7-5-3-4-6-8(7)2;1-2/h7H,3-6H2,1-2H3;1-2H3/t7-;/m1./s1. The Labute approximate surface area is 65.4 Å². The van der Waals surface area contributed by atoms with Crippen molar-refractivity contribution in [3.05, 3.63) is 0 Å². The van der Waals surface area contributed by atoms with E-state index in [1.54, 1.807) is 0 Å². The monoisotopic (exact) mass is 143 g/mol. The van der Waals surface area contributed by atoms with Crippen LogP contribution in [0, 0.1) is 0 Å². The van der Waals surface area contributed by atoms with Crippen molar-refractivity contribution >= 4 is 0 Å². The van der Waals surface area contributed by atoms with E-state index in [1.165, 1.54) is 25.8 Å². The van der Waals surface area contributed by atoms with Gasteiger partial charge in [-0.25, -0.2) is 0 Å². The van der Waals surface area contributed by atoms with Gasteiger partial charge in [-0.15, -0.1) is 0 Å². The molecule has 1 aliphatic heterocycles. The fourth-order valence-corrected chi connectivity index (χ4v) is 1.24. The molecule has 1 heterocycles. The second-order valence-electron chi connectivity index (χ2n) is 2.83. The van der Waals surface area contributed by atoms with Crippen LogP contribution < -0.4 is 0 Å². The lowest BCUT2D eigenvalue weighted by Crippen LogP contribution is -2.33. The summed E-state index contributed by atoms with van der Waals surface area (Å²) in [5.41, 5.74) is 0. The van der Waals surface area contributed by atoms with Crippen LogP contribution in [0.25, 0.3) is 0 Å². The Bertz CT molecular complexity index is 61.1. The molecule has 0 saturated carbocycles. The number of hydrogen-bond donors (Lipinski definition) is 0. The van der Waals surface area contributed by atoms with Crippen molar-refractivity contribution in [3.63, 3.8) is 0 Å². The smallest absolute Gasteiger partial charge is 0.00638 e. The predicted octanol–water partition coefficient (Wildman–Crippen LogP) is 2.52. The zero-order valence-corrected chi connectivity index (χ0v) is 7.85.